The molecule has 1 rings (SSSR count). The van der Waals surface area contributed by atoms with Crippen molar-refractivity contribution in [3.63, 3.8) is 0 Å². The molecule has 2 heteroatoms. The zero-order valence-corrected chi connectivity index (χ0v) is 11.7. The minimum absolute atomic E-state index is 0.618. The first kappa shape index (κ1) is 14.0. The summed E-state index contributed by atoms with van der Waals surface area (Å²) >= 11 is 0. The topological polar surface area (TPSA) is 21.3 Å². The van der Waals surface area contributed by atoms with Crippen molar-refractivity contribution in [1.82, 2.24) is 5.32 Å². The van der Waals surface area contributed by atoms with Crippen LogP contribution >= 0.6 is 0 Å². The highest BCUT2D eigenvalue weighted by Gasteiger charge is 2.16. The molecule has 0 amide bonds. The van der Waals surface area contributed by atoms with Gasteiger partial charge in [0.15, 0.2) is 0 Å². The number of rotatable bonds is 6. The van der Waals surface area contributed by atoms with Gasteiger partial charge in [-0.1, -0.05) is 26.0 Å². The van der Waals surface area contributed by atoms with Gasteiger partial charge in [0.2, 0.25) is 0 Å². The first-order valence-electron chi connectivity index (χ1n) is 6.39. The summed E-state index contributed by atoms with van der Waals surface area (Å²) in [4.78, 5) is 0. The van der Waals surface area contributed by atoms with Gasteiger partial charge in [-0.3, -0.25) is 0 Å². The summed E-state index contributed by atoms with van der Waals surface area (Å²) in [7, 11) is 3.74. The molecule has 96 valence electrons. The SMILES string of the molecule is CNCCC(c1ccc(OC)c(C)c1)C(C)C. The lowest BCUT2D eigenvalue weighted by atomic mass is 9.85. The minimum Gasteiger partial charge on any atom is -0.496 e. The van der Waals surface area contributed by atoms with Gasteiger partial charge >= 0.3 is 0 Å². The van der Waals surface area contributed by atoms with E-state index in [1.807, 2.05) is 7.05 Å². The van der Waals surface area contributed by atoms with Crippen molar-refractivity contribution in [1.29, 1.82) is 0 Å². The lowest BCUT2D eigenvalue weighted by Gasteiger charge is -2.22. The highest BCUT2D eigenvalue weighted by atomic mass is 16.5. The molecule has 1 aromatic rings. The molecule has 0 aliphatic heterocycles. The molecule has 0 aromatic heterocycles. The fourth-order valence-corrected chi connectivity index (χ4v) is 2.32. The molecule has 2 nitrogen and oxygen atoms in total. The van der Waals surface area contributed by atoms with E-state index in [9.17, 15) is 0 Å². The van der Waals surface area contributed by atoms with Gasteiger partial charge in [0.25, 0.3) is 0 Å². The van der Waals surface area contributed by atoms with Crippen LogP contribution in [0, 0.1) is 12.8 Å². The van der Waals surface area contributed by atoms with Crippen molar-refractivity contribution in [2.75, 3.05) is 20.7 Å². The fraction of sp³-hybridized carbons (Fsp3) is 0.600. The Hall–Kier alpha value is -1.02. The van der Waals surface area contributed by atoms with Crippen LogP contribution < -0.4 is 10.1 Å². The van der Waals surface area contributed by atoms with E-state index in [1.54, 1.807) is 7.11 Å². The molecule has 0 heterocycles. The van der Waals surface area contributed by atoms with Crippen molar-refractivity contribution in [3.05, 3.63) is 29.3 Å². The highest BCUT2D eigenvalue weighted by Crippen LogP contribution is 2.30. The van der Waals surface area contributed by atoms with Crippen molar-refractivity contribution in [2.45, 2.75) is 33.1 Å². The van der Waals surface area contributed by atoms with Crippen molar-refractivity contribution < 1.29 is 4.74 Å². The normalized spacial score (nSPS) is 12.8. The largest absolute Gasteiger partial charge is 0.496 e. The average Bonchev–Trinajstić information content (AvgIpc) is 2.29. The van der Waals surface area contributed by atoms with E-state index in [4.69, 9.17) is 4.74 Å². The summed E-state index contributed by atoms with van der Waals surface area (Å²) < 4.78 is 5.31. The number of aryl methyl sites for hydroxylation is 1. The molecule has 0 bridgehead atoms. The second kappa shape index (κ2) is 6.65. The van der Waals surface area contributed by atoms with Crippen molar-refractivity contribution in [2.24, 2.45) is 5.92 Å². The van der Waals surface area contributed by atoms with E-state index in [-0.39, 0.29) is 0 Å². The fourth-order valence-electron chi connectivity index (χ4n) is 2.32. The zero-order valence-electron chi connectivity index (χ0n) is 11.7. The van der Waals surface area contributed by atoms with Gasteiger partial charge in [-0.15, -0.1) is 0 Å². The molecule has 17 heavy (non-hydrogen) atoms. The molecule has 1 N–H and O–H groups in total. The van der Waals surface area contributed by atoms with Crippen LogP contribution in [-0.2, 0) is 0 Å². The minimum atomic E-state index is 0.618. The third-order valence-electron chi connectivity index (χ3n) is 3.36. The quantitative estimate of drug-likeness (QED) is 0.816. The van der Waals surface area contributed by atoms with Crippen molar-refractivity contribution >= 4 is 0 Å². The monoisotopic (exact) mass is 235 g/mol. The standard InChI is InChI=1S/C15H25NO/c1-11(2)14(8-9-16-4)13-6-7-15(17-5)12(3)10-13/h6-7,10-11,14,16H,8-9H2,1-5H3. The number of hydrogen-bond donors (Lipinski definition) is 1. The van der Waals surface area contributed by atoms with E-state index in [0.29, 0.717) is 11.8 Å². The molecule has 0 fully saturated rings. The van der Waals surface area contributed by atoms with Gasteiger partial charge in [-0.05, 0) is 56.0 Å². The number of methoxy groups -OCH3 is 1. The van der Waals surface area contributed by atoms with Gasteiger partial charge in [-0.2, -0.15) is 0 Å². The summed E-state index contributed by atoms with van der Waals surface area (Å²) in [6, 6.07) is 6.55. The summed E-state index contributed by atoms with van der Waals surface area (Å²) in [5.41, 5.74) is 2.65. The van der Waals surface area contributed by atoms with Crippen LogP contribution in [0.1, 0.15) is 37.3 Å². The summed E-state index contributed by atoms with van der Waals surface area (Å²) in [5, 5.41) is 3.24. The van der Waals surface area contributed by atoms with Gasteiger partial charge in [-0.25, -0.2) is 0 Å². The van der Waals surface area contributed by atoms with Crippen LogP contribution in [-0.4, -0.2) is 20.7 Å². The van der Waals surface area contributed by atoms with Crippen LogP contribution in [0.25, 0.3) is 0 Å². The maximum atomic E-state index is 5.31. The molecule has 1 aromatic carbocycles. The van der Waals surface area contributed by atoms with Crippen LogP contribution in [0.15, 0.2) is 18.2 Å². The van der Waals surface area contributed by atoms with Crippen LogP contribution in [0.4, 0.5) is 0 Å². The van der Waals surface area contributed by atoms with E-state index >= 15 is 0 Å². The summed E-state index contributed by atoms with van der Waals surface area (Å²) in [5.74, 6) is 2.26. The molecule has 0 saturated carbocycles. The lowest BCUT2D eigenvalue weighted by molar-refractivity contribution is 0.410. The van der Waals surface area contributed by atoms with Crippen molar-refractivity contribution in [3.8, 4) is 5.75 Å². The maximum Gasteiger partial charge on any atom is 0.121 e. The van der Waals surface area contributed by atoms with E-state index < -0.39 is 0 Å². The molecule has 1 atom stereocenters. The van der Waals surface area contributed by atoms with E-state index in [0.717, 1.165) is 12.3 Å². The molecule has 0 radical (unpaired) electrons. The Balaban J connectivity index is 2.90. The molecular weight excluding hydrogens is 210 g/mol. The molecule has 0 aliphatic rings. The molecule has 1 unspecified atom stereocenters. The first-order chi connectivity index (χ1) is 8.10. The van der Waals surface area contributed by atoms with Gasteiger partial charge in [0, 0.05) is 0 Å². The predicted molar refractivity (Wildman–Crippen MR) is 73.9 cm³/mol. The Morgan fingerprint density at radius 1 is 1.29 bits per heavy atom. The predicted octanol–water partition coefficient (Wildman–Crippen LogP) is 3.35. The molecule has 0 aliphatic carbocycles. The Morgan fingerprint density at radius 3 is 2.47 bits per heavy atom. The number of benzene rings is 1. The Morgan fingerprint density at radius 2 is 2.00 bits per heavy atom. The first-order valence-corrected chi connectivity index (χ1v) is 6.39. The smallest absolute Gasteiger partial charge is 0.121 e. The number of ether oxygens (including phenoxy) is 1. The molecule has 0 spiro atoms. The third kappa shape index (κ3) is 3.74. The Bertz CT molecular complexity index is 347. The van der Waals surface area contributed by atoms with E-state index in [1.165, 1.54) is 17.5 Å². The Kier molecular flexibility index (Phi) is 5.49. The summed E-state index contributed by atoms with van der Waals surface area (Å²) in [6.45, 7) is 7.76. The van der Waals surface area contributed by atoms with E-state index in [2.05, 4.69) is 44.3 Å². The highest BCUT2D eigenvalue weighted by molar-refractivity contribution is 5.37. The van der Waals surface area contributed by atoms with Gasteiger partial charge in [0.1, 0.15) is 5.75 Å². The second-order valence-corrected chi connectivity index (χ2v) is 4.97. The van der Waals surface area contributed by atoms with Crippen LogP contribution in [0.3, 0.4) is 0 Å². The molecule has 0 saturated heterocycles. The zero-order chi connectivity index (χ0) is 12.8. The third-order valence-corrected chi connectivity index (χ3v) is 3.36. The summed E-state index contributed by atoms with van der Waals surface area (Å²) in [6.07, 6.45) is 1.18. The Labute approximate surface area is 105 Å². The van der Waals surface area contributed by atoms with Gasteiger partial charge < -0.3 is 10.1 Å². The number of hydrogen-bond acceptors (Lipinski definition) is 2. The van der Waals surface area contributed by atoms with Crippen LogP contribution in [0.2, 0.25) is 0 Å². The molecular formula is C15H25NO. The number of nitrogens with one attached hydrogen (secondary N) is 1. The van der Waals surface area contributed by atoms with Gasteiger partial charge in [0.05, 0.1) is 7.11 Å². The second-order valence-electron chi connectivity index (χ2n) is 4.97. The maximum absolute atomic E-state index is 5.31. The lowest BCUT2D eigenvalue weighted by Crippen LogP contribution is -2.16. The average molecular weight is 235 g/mol. The van der Waals surface area contributed by atoms with Crippen LogP contribution in [0.5, 0.6) is 5.75 Å².